The molecule has 5 N–H and O–H groups in total. The Bertz CT molecular complexity index is 883. The molecule has 6 nitrogen and oxygen atoms in total. The summed E-state index contributed by atoms with van der Waals surface area (Å²) in [6.07, 6.45) is -3.49. The summed E-state index contributed by atoms with van der Waals surface area (Å²) in [6.45, 7) is 0. The monoisotopic (exact) mass is 383 g/mol. The molecule has 0 atom stereocenters. The molecular weight excluding hydrogens is 371 g/mol. The number of hydrogen-bond donors (Lipinski definition) is 2. The van der Waals surface area contributed by atoms with Crippen molar-refractivity contribution in [1.82, 2.24) is 21.1 Å². The van der Waals surface area contributed by atoms with Crippen LogP contribution in [-0.2, 0) is 6.18 Å². The molecule has 0 amide bonds. The van der Waals surface area contributed by atoms with Gasteiger partial charge in [-0.05, 0) is 30.3 Å². The molecular formula is C16H13ClF3N5O. The van der Waals surface area contributed by atoms with Crippen LogP contribution in [0.15, 0.2) is 48.7 Å². The Labute approximate surface area is 151 Å². The average molecular weight is 384 g/mol. The van der Waals surface area contributed by atoms with Crippen LogP contribution in [0, 0.1) is 0 Å². The first-order valence-electron chi connectivity index (χ1n) is 6.93. The summed E-state index contributed by atoms with van der Waals surface area (Å²) in [5.41, 5.74) is 5.75. The van der Waals surface area contributed by atoms with Gasteiger partial charge in [-0.15, -0.1) is 0 Å². The van der Waals surface area contributed by atoms with Gasteiger partial charge in [0.2, 0.25) is 5.95 Å². The molecule has 0 bridgehead atoms. The van der Waals surface area contributed by atoms with E-state index in [0.29, 0.717) is 17.0 Å². The average Bonchev–Trinajstić information content (AvgIpc) is 2.54. The van der Waals surface area contributed by atoms with Gasteiger partial charge in [0, 0.05) is 23.9 Å². The number of nitrogens with two attached hydrogens (primary N) is 1. The lowest BCUT2D eigenvalue weighted by Crippen LogP contribution is -2.07. The first-order valence-corrected chi connectivity index (χ1v) is 7.31. The Balaban J connectivity index is 0.00000243. The number of benzene rings is 1. The zero-order valence-electron chi connectivity index (χ0n) is 13.2. The predicted octanol–water partition coefficient (Wildman–Crippen LogP) is 4.75. The maximum absolute atomic E-state index is 12.7. The number of nitrogens with zero attached hydrogens (tertiary/aromatic N) is 3. The molecule has 0 unspecified atom stereocenters. The molecule has 0 aliphatic heterocycles. The van der Waals surface area contributed by atoms with Gasteiger partial charge in [0.25, 0.3) is 0 Å². The Morgan fingerprint density at radius 1 is 0.962 bits per heavy atom. The van der Waals surface area contributed by atoms with Crippen molar-refractivity contribution >= 4 is 17.5 Å². The van der Waals surface area contributed by atoms with Crippen LogP contribution in [0.4, 0.5) is 19.1 Å². The summed E-state index contributed by atoms with van der Waals surface area (Å²) < 4.78 is 43.4. The van der Waals surface area contributed by atoms with Crippen molar-refractivity contribution in [2.75, 3.05) is 5.73 Å². The van der Waals surface area contributed by atoms with Gasteiger partial charge in [0.15, 0.2) is 0 Å². The number of alkyl halides is 3. The summed E-state index contributed by atoms with van der Waals surface area (Å²) in [5.74, 6) is 0.430. The van der Waals surface area contributed by atoms with E-state index >= 15 is 0 Å². The van der Waals surface area contributed by atoms with Gasteiger partial charge in [-0.25, -0.2) is 9.97 Å². The van der Waals surface area contributed by atoms with Crippen molar-refractivity contribution in [3.05, 3.63) is 59.5 Å². The van der Waals surface area contributed by atoms with E-state index in [1.165, 1.54) is 6.07 Å². The first-order chi connectivity index (χ1) is 11.8. The number of pyridine rings is 1. The van der Waals surface area contributed by atoms with E-state index in [2.05, 4.69) is 15.0 Å². The molecule has 0 radical (unpaired) electrons. The van der Waals surface area contributed by atoms with Crippen LogP contribution in [0.25, 0.3) is 11.3 Å². The van der Waals surface area contributed by atoms with E-state index < -0.39 is 11.9 Å². The van der Waals surface area contributed by atoms with Crippen LogP contribution in [0.3, 0.4) is 0 Å². The number of aromatic nitrogens is 3. The lowest BCUT2D eigenvalue weighted by molar-refractivity contribution is -0.141. The van der Waals surface area contributed by atoms with E-state index in [4.69, 9.17) is 22.1 Å². The lowest BCUT2D eigenvalue weighted by atomic mass is 10.1. The Kier molecular flexibility index (Phi) is 5.63. The molecule has 2 aromatic heterocycles. The van der Waals surface area contributed by atoms with E-state index in [1.807, 2.05) is 0 Å². The van der Waals surface area contributed by atoms with Gasteiger partial charge < -0.3 is 16.6 Å². The minimum atomic E-state index is -4.53. The lowest BCUT2D eigenvalue weighted by Gasteiger charge is -2.09. The van der Waals surface area contributed by atoms with Gasteiger partial charge in [-0.3, -0.25) is 4.98 Å². The highest BCUT2D eigenvalue weighted by Crippen LogP contribution is 2.31. The molecule has 0 aliphatic carbocycles. The van der Waals surface area contributed by atoms with Crippen LogP contribution in [0.5, 0.6) is 11.5 Å². The third kappa shape index (κ3) is 4.58. The topological polar surface area (TPSA) is 109 Å². The highest BCUT2D eigenvalue weighted by molar-refractivity contribution is 6.29. The van der Waals surface area contributed by atoms with E-state index in [-0.39, 0.29) is 23.0 Å². The molecule has 0 aliphatic rings. The molecule has 1 aromatic carbocycles. The smallest absolute Gasteiger partial charge is 0.433 e. The van der Waals surface area contributed by atoms with Crippen molar-refractivity contribution in [1.29, 1.82) is 0 Å². The SMILES string of the molecule is N.Nc1nc(Cl)cc(-c2ccc(Oc3ccnc(C(F)(F)F)c3)cc2)n1. The van der Waals surface area contributed by atoms with Gasteiger partial charge in [0.05, 0.1) is 5.69 Å². The first kappa shape index (κ1) is 19.4. The zero-order chi connectivity index (χ0) is 18.0. The normalized spacial score (nSPS) is 10.9. The minimum Gasteiger partial charge on any atom is -0.457 e. The molecule has 0 saturated carbocycles. The van der Waals surface area contributed by atoms with Gasteiger partial charge >= 0.3 is 6.18 Å². The van der Waals surface area contributed by atoms with Crippen molar-refractivity contribution in [3.63, 3.8) is 0 Å². The maximum atomic E-state index is 12.7. The second-order valence-corrected chi connectivity index (χ2v) is 5.32. The van der Waals surface area contributed by atoms with Gasteiger partial charge in [0.1, 0.15) is 22.3 Å². The van der Waals surface area contributed by atoms with Crippen LogP contribution in [0.2, 0.25) is 5.15 Å². The number of ether oxygens (including phenoxy) is 1. The number of nitrogen functional groups attached to an aromatic ring is 1. The van der Waals surface area contributed by atoms with E-state index in [9.17, 15) is 13.2 Å². The van der Waals surface area contributed by atoms with Crippen LogP contribution in [0.1, 0.15) is 5.69 Å². The minimum absolute atomic E-state index is 0. The van der Waals surface area contributed by atoms with Gasteiger partial charge in [-0.1, -0.05) is 11.6 Å². The molecule has 0 saturated heterocycles. The molecule has 0 fully saturated rings. The third-order valence-corrected chi connectivity index (χ3v) is 3.31. The molecule has 26 heavy (non-hydrogen) atoms. The zero-order valence-corrected chi connectivity index (χ0v) is 13.9. The van der Waals surface area contributed by atoms with Crippen LogP contribution in [-0.4, -0.2) is 15.0 Å². The molecule has 3 rings (SSSR count). The Morgan fingerprint density at radius 2 is 1.65 bits per heavy atom. The molecule has 3 aromatic rings. The maximum Gasteiger partial charge on any atom is 0.433 e. The summed E-state index contributed by atoms with van der Waals surface area (Å²) in [5, 5.41) is 0.208. The van der Waals surface area contributed by atoms with E-state index in [1.54, 1.807) is 30.3 Å². The number of hydrogen-bond acceptors (Lipinski definition) is 6. The summed E-state index contributed by atoms with van der Waals surface area (Å²) >= 11 is 5.84. The van der Waals surface area contributed by atoms with Crippen molar-refractivity contribution in [2.45, 2.75) is 6.18 Å². The van der Waals surface area contributed by atoms with E-state index in [0.717, 1.165) is 12.3 Å². The molecule has 2 heterocycles. The summed E-state index contributed by atoms with van der Waals surface area (Å²) in [7, 11) is 0. The highest BCUT2D eigenvalue weighted by atomic mass is 35.5. The van der Waals surface area contributed by atoms with Gasteiger partial charge in [-0.2, -0.15) is 13.2 Å². The van der Waals surface area contributed by atoms with Crippen molar-refractivity contribution in [2.24, 2.45) is 0 Å². The molecule has 10 heteroatoms. The predicted molar refractivity (Wildman–Crippen MR) is 91.2 cm³/mol. The fraction of sp³-hybridized carbons (Fsp3) is 0.0625. The van der Waals surface area contributed by atoms with Crippen molar-refractivity contribution < 1.29 is 17.9 Å². The highest BCUT2D eigenvalue weighted by Gasteiger charge is 2.32. The van der Waals surface area contributed by atoms with Crippen LogP contribution < -0.4 is 16.6 Å². The number of rotatable bonds is 3. The summed E-state index contributed by atoms with van der Waals surface area (Å²) in [6, 6.07) is 10.3. The molecule has 136 valence electrons. The Morgan fingerprint density at radius 3 is 2.27 bits per heavy atom. The summed E-state index contributed by atoms with van der Waals surface area (Å²) in [4.78, 5) is 11.1. The third-order valence-electron chi connectivity index (χ3n) is 3.12. The second-order valence-electron chi connectivity index (χ2n) is 4.94. The quantitative estimate of drug-likeness (QED) is 0.632. The molecule has 0 spiro atoms. The van der Waals surface area contributed by atoms with Crippen molar-refractivity contribution in [3.8, 4) is 22.8 Å². The van der Waals surface area contributed by atoms with Crippen LogP contribution >= 0.6 is 11.6 Å². The fourth-order valence-corrected chi connectivity index (χ4v) is 2.23. The number of anilines is 1. The fourth-order valence-electron chi connectivity index (χ4n) is 2.04. The second kappa shape index (κ2) is 7.54. The number of halogens is 4. The standard InChI is InChI=1S/C16H10ClF3N4O.H3N/c17-14-8-12(23-15(21)24-14)9-1-3-10(4-2-9)25-11-5-6-22-13(7-11)16(18,19)20;/h1-8H,(H2,21,23,24);1H3. The largest absolute Gasteiger partial charge is 0.457 e. The Hall–Kier alpha value is -2.91.